The molecule has 4 rings (SSSR count). The van der Waals surface area contributed by atoms with E-state index in [0.717, 1.165) is 37.8 Å². The molecule has 1 saturated heterocycles. The van der Waals surface area contributed by atoms with Crippen molar-refractivity contribution < 1.29 is 18.8 Å². The fraction of sp³-hybridized carbons (Fsp3) is 0.444. The van der Waals surface area contributed by atoms with Crippen LogP contribution in [0.2, 0.25) is 0 Å². The third-order valence-electron chi connectivity index (χ3n) is 6.37. The lowest BCUT2D eigenvalue weighted by molar-refractivity contribution is -0.126. The molecule has 1 aliphatic heterocycles. The molecule has 0 saturated carbocycles. The Morgan fingerprint density at radius 2 is 2.03 bits per heavy atom. The Labute approximate surface area is 206 Å². The smallest absolute Gasteiger partial charge is 0.241 e. The molecule has 35 heavy (non-hydrogen) atoms. The number of benzene rings is 2. The highest BCUT2D eigenvalue weighted by Gasteiger charge is 2.26. The van der Waals surface area contributed by atoms with Crippen LogP contribution >= 0.6 is 0 Å². The number of aryl methyl sites for hydroxylation is 2. The summed E-state index contributed by atoms with van der Waals surface area (Å²) < 4.78 is 16.2. The van der Waals surface area contributed by atoms with Gasteiger partial charge in [0.15, 0.2) is 11.5 Å². The van der Waals surface area contributed by atoms with Gasteiger partial charge in [-0.05, 0) is 62.9 Å². The second kappa shape index (κ2) is 11.8. The van der Waals surface area contributed by atoms with Crippen molar-refractivity contribution in [2.24, 2.45) is 5.92 Å². The minimum Gasteiger partial charge on any atom is -0.493 e. The van der Waals surface area contributed by atoms with E-state index in [-0.39, 0.29) is 11.8 Å². The van der Waals surface area contributed by atoms with Gasteiger partial charge in [-0.3, -0.25) is 9.69 Å². The largest absolute Gasteiger partial charge is 0.493 e. The van der Waals surface area contributed by atoms with Crippen molar-refractivity contribution in [3.8, 4) is 22.9 Å². The van der Waals surface area contributed by atoms with E-state index >= 15 is 0 Å². The molecule has 1 amide bonds. The second-order valence-electron chi connectivity index (χ2n) is 9.04. The number of aromatic nitrogens is 2. The summed E-state index contributed by atoms with van der Waals surface area (Å²) in [6.07, 6.45) is 3.78. The third kappa shape index (κ3) is 6.60. The molecule has 1 unspecified atom stereocenters. The van der Waals surface area contributed by atoms with Gasteiger partial charge < -0.3 is 19.3 Å². The van der Waals surface area contributed by atoms with Crippen molar-refractivity contribution >= 4 is 5.91 Å². The van der Waals surface area contributed by atoms with E-state index in [2.05, 4.69) is 51.5 Å². The maximum absolute atomic E-state index is 12.8. The van der Waals surface area contributed by atoms with Crippen LogP contribution in [-0.2, 0) is 17.8 Å². The molecule has 0 aliphatic carbocycles. The number of hydrogen-bond acceptors (Lipinski definition) is 7. The fourth-order valence-corrected chi connectivity index (χ4v) is 4.53. The number of carbonyl (C=O) groups is 1. The number of amides is 1. The van der Waals surface area contributed by atoms with Crippen molar-refractivity contribution in [2.75, 3.05) is 33.9 Å². The zero-order chi connectivity index (χ0) is 24.6. The van der Waals surface area contributed by atoms with Gasteiger partial charge >= 0.3 is 0 Å². The van der Waals surface area contributed by atoms with Crippen LogP contribution in [0.15, 0.2) is 47.0 Å². The number of ether oxygens (including phenoxy) is 2. The number of nitrogens with one attached hydrogen (secondary N) is 1. The first-order valence-corrected chi connectivity index (χ1v) is 12.2. The van der Waals surface area contributed by atoms with Gasteiger partial charge in [0.25, 0.3) is 0 Å². The van der Waals surface area contributed by atoms with Gasteiger partial charge in [-0.1, -0.05) is 35.0 Å². The summed E-state index contributed by atoms with van der Waals surface area (Å²) in [6, 6.07) is 14.0. The average molecular weight is 479 g/mol. The molecular weight excluding hydrogens is 444 g/mol. The molecule has 1 N–H and O–H groups in total. The van der Waals surface area contributed by atoms with Gasteiger partial charge in [-0.2, -0.15) is 4.98 Å². The first-order valence-electron chi connectivity index (χ1n) is 12.2. The highest BCUT2D eigenvalue weighted by atomic mass is 16.5. The van der Waals surface area contributed by atoms with E-state index in [9.17, 15) is 4.79 Å². The Bertz CT molecular complexity index is 1130. The lowest BCUT2D eigenvalue weighted by atomic mass is 9.97. The lowest BCUT2D eigenvalue weighted by Crippen LogP contribution is -2.43. The van der Waals surface area contributed by atoms with Gasteiger partial charge in [-0.15, -0.1) is 0 Å². The summed E-state index contributed by atoms with van der Waals surface area (Å²) in [5, 5.41) is 7.26. The van der Waals surface area contributed by atoms with E-state index in [1.54, 1.807) is 14.2 Å². The van der Waals surface area contributed by atoms with Crippen molar-refractivity contribution in [3.05, 3.63) is 59.5 Å². The molecule has 0 spiro atoms. The van der Waals surface area contributed by atoms with Crippen LogP contribution in [0.5, 0.6) is 11.5 Å². The van der Waals surface area contributed by atoms with Crippen LogP contribution in [0.4, 0.5) is 0 Å². The number of piperidine rings is 1. The predicted molar refractivity (Wildman–Crippen MR) is 133 cm³/mol. The molecule has 2 heterocycles. The SMILES string of the molecule is COc1ccc(-c2noc(CN3CCCC(C(=O)NCCCc4cccc(C)c4)C3)n2)cc1OC. The molecule has 1 aliphatic rings. The Hall–Kier alpha value is -3.39. The summed E-state index contributed by atoms with van der Waals surface area (Å²) in [4.78, 5) is 19.5. The molecule has 0 bridgehead atoms. The highest BCUT2D eigenvalue weighted by Crippen LogP contribution is 2.31. The Balaban J connectivity index is 1.26. The number of hydrogen-bond donors (Lipinski definition) is 1. The first-order chi connectivity index (χ1) is 17.1. The van der Waals surface area contributed by atoms with Crippen molar-refractivity contribution in [2.45, 2.75) is 39.2 Å². The fourth-order valence-electron chi connectivity index (χ4n) is 4.53. The average Bonchev–Trinajstić information content (AvgIpc) is 3.34. The third-order valence-corrected chi connectivity index (χ3v) is 6.37. The van der Waals surface area contributed by atoms with Crippen LogP contribution in [-0.4, -0.2) is 54.8 Å². The van der Waals surface area contributed by atoms with Crippen LogP contribution in [0.1, 0.15) is 36.3 Å². The summed E-state index contributed by atoms with van der Waals surface area (Å²) >= 11 is 0. The first kappa shape index (κ1) is 24.7. The molecule has 0 radical (unpaired) electrons. The van der Waals surface area contributed by atoms with E-state index in [1.165, 1.54) is 11.1 Å². The molecule has 8 nitrogen and oxygen atoms in total. The molecule has 186 valence electrons. The summed E-state index contributed by atoms with van der Waals surface area (Å²) in [5.41, 5.74) is 3.38. The molecule has 1 atom stereocenters. The topological polar surface area (TPSA) is 89.7 Å². The standard InChI is InChI=1S/C27H34N4O4/c1-19-7-4-8-20(15-19)9-5-13-28-27(32)22-10-6-14-31(17-22)18-25-29-26(30-35-25)21-11-12-23(33-2)24(16-21)34-3/h4,7-8,11-12,15-16,22H,5-6,9-10,13-14,17-18H2,1-3H3,(H,28,32). The minimum absolute atomic E-state index is 0.0176. The number of likely N-dealkylation sites (tertiary alicyclic amines) is 1. The zero-order valence-electron chi connectivity index (χ0n) is 20.8. The van der Waals surface area contributed by atoms with Crippen LogP contribution in [0.3, 0.4) is 0 Å². The summed E-state index contributed by atoms with van der Waals surface area (Å²) in [7, 11) is 3.19. The molecule has 2 aromatic carbocycles. The number of nitrogens with zero attached hydrogens (tertiary/aromatic N) is 3. The summed E-state index contributed by atoms with van der Waals surface area (Å²) in [5.74, 6) is 2.41. The monoisotopic (exact) mass is 478 g/mol. The van der Waals surface area contributed by atoms with Crippen molar-refractivity contribution in [3.63, 3.8) is 0 Å². The quantitative estimate of drug-likeness (QED) is 0.440. The van der Waals surface area contributed by atoms with Gasteiger partial charge in [-0.25, -0.2) is 0 Å². The minimum atomic E-state index is -0.0176. The van der Waals surface area contributed by atoms with E-state index in [1.807, 2.05) is 18.2 Å². The van der Waals surface area contributed by atoms with E-state index in [0.29, 0.717) is 42.8 Å². The van der Waals surface area contributed by atoms with E-state index < -0.39 is 0 Å². The lowest BCUT2D eigenvalue weighted by Gasteiger charge is -2.30. The maximum atomic E-state index is 12.8. The van der Waals surface area contributed by atoms with E-state index in [4.69, 9.17) is 14.0 Å². The molecular formula is C27H34N4O4. The normalized spacial score (nSPS) is 16.1. The van der Waals surface area contributed by atoms with Gasteiger partial charge in [0, 0.05) is 18.7 Å². The molecule has 1 fully saturated rings. The Morgan fingerprint density at radius 1 is 1.17 bits per heavy atom. The number of methoxy groups -OCH3 is 2. The van der Waals surface area contributed by atoms with Crippen LogP contribution in [0, 0.1) is 12.8 Å². The molecule has 1 aromatic heterocycles. The van der Waals surface area contributed by atoms with Gasteiger partial charge in [0.05, 0.1) is 26.7 Å². The number of carbonyl (C=O) groups excluding carboxylic acids is 1. The predicted octanol–water partition coefficient (Wildman–Crippen LogP) is 4.02. The van der Waals surface area contributed by atoms with Crippen molar-refractivity contribution in [1.29, 1.82) is 0 Å². The van der Waals surface area contributed by atoms with Gasteiger partial charge in [0.2, 0.25) is 17.6 Å². The Kier molecular flexibility index (Phi) is 8.36. The molecule has 8 heteroatoms. The second-order valence-corrected chi connectivity index (χ2v) is 9.04. The maximum Gasteiger partial charge on any atom is 0.241 e. The molecule has 3 aromatic rings. The highest BCUT2D eigenvalue weighted by molar-refractivity contribution is 5.78. The Morgan fingerprint density at radius 3 is 2.83 bits per heavy atom. The number of rotatable bonds is 10. The summed E-state index contributed by atoms with van der Waals surface area (Å²) in [6.45, 7) is 4.92. The van der Waals surface area contributed by atoms with Crippen molar-refractivity contribution in [1.82, 2.24) is 20.4 Å². The zero-order valence-corrected chi connectivity index (χ0v) is 20.8. The van der Waals surface area contributed by atoms with Gasteiger partial charge in [0.1, 0.15) is 0 Å². The van der Waals surface area contributed by atoms with Crippen LogP contribution < -0.4 is 14.8 Å². The van der Waals surface area contributed by atoms with Crippen LogP contribution in [0.25, 0.3) is 11.4 Å².